The van der Waals surface area contributed by atoms with Crippen LogP contribution in [0.2, 0.25) is 0 Å². The quantitative estimate of drug-likeness (QED) is 0.878. The number of rotatable bonds is 3. The zero-order chi connectivity index (χ0) is 16.4. The third kappa shape index (κ3) is 3.39. The second kappa shape index (κ2) is 6.45. The summed E-state index contributed by atoms with van der Waals surface area (Å²) in [5, 5.41) is 0. The van der Waals surface area contributed by atoms with Crippen molar-refractivity contribution in [3.63, 3.8) is 0 Å². The zero-order valence-electron chi connectivity index (χ0n) is 13.9. The maximum atomic E-state index is 12.9. The van der Waals surface area contributed by atoms with Gasteiger partial charge in [-0.15, -0.1) is 0 Å². The van der Waals surface area contributed by atoms with E-state index in [1.807, 2.05) is 24.0 Å². The Morgan fingerprint density at radius 3 is 2.65 bits per heavy atom. The van der Waals surface area contributed by atoms with Gasteiger partial charge in [-0.25, -0.2) is 0 Å². The van der Waals surface area contributed by atoms with E-state index in [1.54, 1.807) is 6.07 Å². The van der Waals surface area contributed by atoms with E-state index < -0.39 is 0 Å². The first-order valence-corrected chi connectivity index (χ1v) is 8.27. The van der Waals surface area contributed by atoms with Crippen molar-refractivity contribution in [3.05, 3.63) is 64.7 Å². The Morgan fingerprint density at radius 1 is 1.17 bits per heavy atom. The summed E-state index contributed by atoms with van der Waals surface area (Å²) in [5.74, 6) is 0.115. The minimum atomic E-state index is 0.115. The molecule has 3 heteroatoms. The largest absolute Gasteiger partial charge is 0.399 e. The van der Waals surface area contributed by atoms with Crippen molar-refractivity contribution in [1.82, 2.24) is 4.90 Å². The molecule has 0 saturated carbocycles. The van der Waals surface area contributed by atoms with E-state index in [9.17, 15) is 4.79 Å². The van der Waals surface area contributed by atoms with Gasteiger partial charge in [-0.3, -0.25) is 4.79 Å². The number of nitrogens with two attached hydrogens (primary N) is 1. The molecule has 1 amide bonds. The van der Waals surface area contributed by atoms with Gasteiger partial charge in [-0.1, -0.05) is 35.9 Å². The van der Waals surface area contributed by atoms with Crippen LogP contribution in [0.25, 0.3) is 0 Å². The van der Waals surface area contributed by atoms with E-state index >= 15 is 0 Å². The number of nitrogen functional groups attached to an aromatic ring is 1. The number of nitrogens with zero attached hydrogens (tertiary/aromatic N) is 1. The molecule has 1 aliphatic heterocycles. The van der Waals surface area contributed by atoms with Gasteiger partial charge in [0.05, 0.1) is 0 Å². The molecule has 3 rings (SSSR count). The van der Waals surface area contributed by atoms with E-state index in [-0.39, 0.29) is 11.9 Å². The lowest BCUT2D eigenvalue weighted by molar-refractivity contribution is 0.0736. The average molecular weight is 308 g/mol. The Kier molecular flexibility index (Phi) is 4.37. The predicted molar refractivity (Wildman–Crippen MR) is 94.5 cm³/mol. The number of carbonyl (C=O) groups excluding carboxylic acids is 1. The Bertz CT molecular complexity index is 706. The van der Waals surface area contributed by atoms with Gasteiger partial charge in [0.2, 0.25) is 0 Å². The molecule has 1 atom stereocenters. The lowest BCUT2D eigenvalue weighted by Gasteiger charge is -2.26. The molecule has 3 nitrogen and oxygen atoms in total. The van der Waals surface area contributed by atoms with Gasteiger partial charge in [0.1, 0.15) is 0 Å². The number of anilines is 1. The second-order valence-electron chi connectivity index (χ2n) is 6.56. The van der Waals surface area contributed by atoms with E-state index in [4.69, 9.17) is 5.73 Å². The van der Waals surface area contributed by atoms with Crippen LogP contribution in [-0.4, -0.2) is 23.4 Å². The molecule has 0 aliphatic carbocycles. The van der Waals surface area contributed by atoms with Crippen molar-refractivity contribution in [2.24, 2.45) is 0 Å². The maximum absolute atomic E-state index is 12.9. The lowest BCUT2D eigenvalue weighted by Crippen LogP contribution is -2.37. The fraction of sp³-hybridized carbons (Fsp3) is 0.350. The van der Waals surface area contributed by atoms with Gasteiger partial charge in [-0.2, -0.15) is 0 Å². The maximum Gasteiger partial charge on any atom is 0.254 e. The van der Waals surface area contributed by atoms with Crippen molar-refractivity contribution in [2.75, 3.05) is 12.3 Å². The molecule has 1 unspecified atom stereocenters. The van der Waals surface area contributed by atoms with Crippen LogP contribution in [0.15, 0.2) is 42.5 Å². The summed E-state index contributed by atoms with van der Waals surface area (Å²) in [4.78, 5) is 15.0. The highest BCUT2D eigenvalue weighted by molar-refractivity contribution is 5.96. The Hall–Kier alpha value is -2.29. The van der Waals surface area contributed by atoms with Crippen LogP contribution < -0.4 is 5.73 Å². The van der Waals surface area contributed by atoms with Crippen LogP contribution in [-0.2, 0) is 6.42 Å². The summed E-state index contributed by atoms with van der Waals surface area (Å²) in [5.41, 5.74) is 10.8. The van der Waals surface area contributed by atoms with Crippen LogP contribution in [0, 0.1) is 13.8 Å². The second-order valence-corrected chi connectivity index (χ2v) is 6.56. The summed E-state index contributed by atoms with van der Waals surface area (Å²) in [6.45, 7) is 4.90. The summed E-state index contributed by atoms with van der Waals surface area (Å²) in [6.07, 6.45) is 3.07. The van der Waals surface area contributed by atoms with Gasteiger partial charge in [-0.05, 0) is 56.4 Å². The molecular weight excluding hydrogens is 284 g/mol. The summed E-state index contributed by atoms with van der Waals surface area (Å²) in [7, 11) is 0. The molecule has 2 aromatic carbocycles. The number of benzene rings is 2. The highest BCUT2D eigenvalue weighted by Gasteiger charge is 2.30. The molecule has 0 bridgehead atoms. The minimum absolute atomic E-state index is 0.115. The van der Waals surface area contributed by atoms with Crippen molar-refractivity contribution in [3.8, 4) is 0 Å². The molecule has 0 spiro atoms. The zero-order valence-corrected chi connectivity index (χ0v) is 13.9. The minimum Gasteiger partial charge on any atom is -0.399 e. The summed E-state index contributed by atoms with van der Waals surface area (Å²) in [6, 6.07) is 14.5. The first-order chi connectivity index (χ1) is 11.0. The van der Waals surface area contributed by atoms with Gasteiger partial charge >= 0.3 is 0 Å². The highest BCUT2D eigenvalue weighted by atomic mass is 16.2. The van der Waals surface area contributed by atoms with Crippen molar-refractivity contribution in [2.45, 2.75) is 39.2 Å². The van der Waals surface area contributed by atoms with E-state index in [2.05, 4.69) is 31.2 Å². The van der Waals surface area contributed by atoms with Crippen LogP contribution >= 0.6 is 0 Å². The number of hydrogen-bond acceptors (Lipinski definition) is 2. The van der Waals surface area contributed by atoms with Crippen molar-refractivity contribution < 1.29 is 4.79 Å². The molecule has 0 radical (unpaired) electrons. The van der Waals surface area contributed by atoms with E-state index in [1.165, 1.54) is 11.1 Å². The molecule has 1 saturated heterocycles. The monoisotopic (exact) mass is 308 g/mol. The Balaban J connectivity index is 1.79. The van der Waals surface area contributed by atoms with Gasteiger partial charge < -0.3 is 10.6 Å². The summed E-state index contributed by atoms with van der Waals surface area (Å²) < 4.78 is 0. The molecule has 1 fully saturated rings. The molecule has 1 heterocycles. The van der Waals surface area contributed by atoms with E-state index in [0.29, 0.717) is 5.69 Å². The smallest absolute Gasteiger partial charge is 0.254 e. The molecule has 2 N–H and O–H groups in total. The average Bonchev–Trinajstić information content (AvgIpc) is 2.99. The number of amides is 1. The van der Waals surface area contributed by atoms with Crippen LogP contribution in [0.4, 0.5) is 5.69 Å². The van der Waals surface area contributed by atoms with Crippen molar-refractivity contribution >= 4 is 11.6 Å². The third-order valence-corrected chi connectivity index (χ3v) is 4.72. The standard InChI is InChI=1S/C20H24N2O/c1-14-5-8-16(9-6-14)12-18-4-3-11-22(18)20(23)19-13-17(21)10-7-15(19)2/h5-10,13,18H,3-4,11-12,21H2,1-2H3. The van der Waals surface area contributed by atoms with Crippen LogP contribution in [0.3, 0.4) is 0 Å². The highest BCUT2D eigenvalue weighted by Crippen LogP contribution is 2.25. The number of hydrogen-bond donors (Lipinski definition) is 1. The lowest BCUT2D eigenvalue weighted by atomic mass is 10.0. The molecular formula is C20H24N2O. The number of likely N-dealkylation sites (tertiary alicyclic amines) is 1. The van der Waals surface area contributed by atoms with Gasteiger partial charge in [0.15, 0.2) is 0 Å². The Labute approximate surface area is 138 Å². The normalized spacial score (nSPS) is 17.5. The van der Waals surface area contributed by atoms with Crippen molar-refractivity contribution in [1.29, 1.82) is 0 Å². The van der Waals surface area contributed by atoms with E-state index in [0.717, 1.165) is 36.9 Å². The molecule has 2 aromatic rings. The number of carbonyl (C=O) groups is 1. The fourth-order valence-corrected chi connectivity index (χ4v) is 3.34. The molecule has 120 valence electrons. The SMILES string of the molecule is Cc1ccc(CC2CCCN2C(=O)c2cc(N)ccc2C)cc1. The van der Waals surface area contributed by atoms with Crippen LogP contribution in [0.5, 0.6) is 0 Å². The predicted octanol–water partition coefficient (Wildman–Crippen LogP) is 3.73. The first-order valence-electron chi connectivity index (χ1n) is 8.27. The topological polar surface area (TPSA) is 46.3 Å². The Morgan fingerprint density at radius 2 is 1.91 bits per heavy atom. The molecule has 1 aliphatic rings. The summed E-state index contributed by atoms with van der Waals surface area (Å²) >= 11 is 0. The third-order valence-electron chi connectivity index (χ3n) is 4.72. The fourth-order valence-electron chi connectivity index (χ4n) is 3.34. The van der Waals surface area contributed by atoms with Gasteiger partial charge in [0, 0.05) is 23.8 Å². The number of aryl methyl sites for hydroxylation is 2. The van der Waals surface area contributed by atoms with Crippen LogP contribution in [0.1, 0.15) is 39.9 Å². The van der Waals surface area contributed by atoms with Gasteiger partial charge in [0.25, 0.3) is 5.91 Å². The first kappa shape index (κ1) is 15.6. The molecule has 23 heavy (non-hydrogen) atoms. The molecule has 0 aromatic heterocycles.